The Labute approximate surface area is 334 Å². The third-order valence-corrected chi connectivity index (χ3v) is 9.01. The number of hydrogen-bond acceptors (Lipinski definition) is 3. The maximum absolute atomic E-state index is 10.7. The van der Waals surface area contributed by atoms with E-state index in [4.69, 9.17) is 0 Å². The molecule has 0 aromatic heterocycles. The van der Waals surface area contributed by atoms with Crippen LogP contribution < -0.4 is 0 Å². The average molecular weight is 743 g/mol. The highest BCUT2D eigenvalue weighted by atomic mass is 16.3. The Hall–Kier alpha value is -3.72. The van der Waals surface area contributed by atoms with Crippen molar-refractivity contribution < 1.29 is 15.3 Å². The molecule has 0 unspecified atom stereocenters. The minimum absolute atomic E-state index is 0.00859. The van der Waals surface area contributed by atoms with E-state index in [1.807, 2.05) is 114 Å². The molecule has 0 spiro atoms. The zero-order chi connectivity index (χ0) is 42.8. The lowest BCUT2D eigenvalue weighted by atomic mass is 9.75. The molecule has 0 amide bonds. The third kappa shape index (κ3) is 15.2. The molecule has 0 heterocycles. The molecular formula is C51H82O3. The highest BCUT2D eigenvalue weighted by Crippen LogP contribution is 2.42. The molecule has 0 aliphatic heterocycles. The summed E-state index contributed by atoms with van der Waals surface area (Å²) in [5.74, 6) is 2.14. The van der Waals surface area contributed by atoms with Crippen LogP contribution in [-0.2, 0) is 21.7 Å². The zero-order valence-corrected chi connectivity index (χ0v) is 38.6. The van der Waals surface area contributed by atoms with Crippen LogP contribution in [0.2, 0.25) is 0 Å². The first kappa shape index (κ1) is 52.4. The van der Waals surface area contributed by atoms with E-state index in [9.17, 15) is 15.3 Å². The summed E-state index contributed by atoms with van der Waals surface area (Å²) in [4.78, 5) is 0. The minimum Gasteiger partial charge on any atom is -0.507 e. The van der Waals surface area contributed by atoms with Crippen LogP contribution in [-0.4, -0.2) is 15.3 Å². The first-order valence-corrected chi connectivity index (χ1v) is 20.5. The van der Waals surface area contributed by atoms with Crippen LogP contribution in [0.4, 0.5) is 0 Å². The molecule has 0 saturated heterocycles. The fourth-order valence-electron chi connectivity index (χ4n) is 5.93. The zero-order valence-electron chi connectivity index (χ0n) is 38.6. The van der Waals surface area contributed by atoms with Crippen LogP contribution in [0.25, 0.3) is 0 Å². The number of benzene rings is 4. The molecule has 4 aromatic rings. The summed E-state index contributed by atoms with van der Waals surface area (Å²) < 4.78 is 0. The SMILES string of the molecule is CC.CC.CC.CC(C)(C)c1cccc(C(C)(C)C)c1O.CC(C)(C)c1cccc(C(C)(C)c2ccccc2)c1O.CC(C)c1cccc(C(C)C)c1O. The van der Waals surface area contributed by atoms with E-state index < -0.39 is 0 Å². The van der Waals surface area contributed by atoms with Crippen LogP contribution in [0.15, 0.2) is 84.9 Å². The highest BCUT2D eigenvalue weighted by Gasteiger charge is 2.29. The monoisotopic (exact) mass is 743 g/mol. The molecule has 54 heavy (non-hydrogen) atoms. The van der Waals surface area contributed by atoms with E-state index in [1.54, 1.807) is 0 Å². The van der Waals surface area contributed by atoms with Gasteiger partial charge in [0, 0.05) is 11.0 Å². The van der Waals surface area contributed by atoms with Gasteiger partial charge in [0.15, 0.2) is 0 Å². The van der Waals surface area contributed by atoms with Gasteiger partial charge >= 0.3 is 0 Å². The highest BCUT2D eigenvalue weighted by molar-refractivity contribution is 5.51. The quantitative estimate of drug-likeness (QED) is 0.195. The van der Waals surface area contributed by atoms with Crippen molar-refractivity contribution in [2.24, 2.45) is 0 Å². The van der Waals surface area contributed by atoms with Gasteiger partial charge in [-0.15, -0.1) is 0 Å². The Morgan fingerprint density at radius 3 is 0.926 bits per heavy atom. The van der Waals surface area contributed by atoms with Gasteiger partial charge in [-0.25, -0.2) is 0 Å². The van der Waals surface area contributed by atoms with E-state index in [-0.39, 0.29) is 21.7 Å². The summed E-state index contributed by atoms with van der Waals surface area (Å²) >= 11 is 0. The summed E-state index contributed by atoms with van der Waals surface area (Å²) in [6.07, 6.45) is 0. The van der Waals surface area contributed by atoms with Crippen LogP contribution in [0.3, 0.4) is 0 Å². The number of phenols is 3. The lowest BCUT2D eigenvalue weighted by Gasteiger charge is -2.30. The maximum Gasteiger partial charge on any atom is 0.123 e. The van der Waals surface area contributed by atoms with E-state index in [1.165, 1.54) is 5.56 Å². The van der Waals surface area contributed by atoms with E-state index in [0.717, 1.165) is 33.4 Å². The van der Waals surface area contributed by atoms with Gasteiger partial charge in [-0.3, -0.25) is 0 Å². The largest absolute Gasteiger partial charge is 0.507 e. The Balaban J connectivity index is 0. The second-order valence-corrected chi connectivity index (χ2v) is 17.2. The third-order valence-electron chi connectivity index (χ3n) is 9.01. The minimum atomic E-state index is -0.216. The molecule has 304 valence electrons. The molecule has 3 nitrogen and oxygen atoms in total. The van der Waals surface area contributed by atoms with Gasteiger partial charge in [0.25, 0.3) is 0 Å². The summed E-state index contributed by atoms with van der Waals surface area (Å²) in [6, 6.07) is 28.5. The van der Waals surface area contributed by atoms with E-state index >= 15 is 0 Å². The summed E-state index contributed by atoms with van der Waals surface area (Å²) in [5, 5.41) is 30.9. The maximum atomic E-state index is 10.7. The molecular weight excluding hydrogens is 661 g/mol. The molecule has 4 aromatic carbocycles. The first-order valence-electron chi connectivity index (χ1n) is 20.5. The second kappa shape index (κ2) is 23.3. The van der Waals surface area contributed by atoms with Crippen LogP contribution in [0.1, 0.15) is 196 Å². The Morgan fingerprint density at radius 2 is 0.630 bits per heavy atom. The summed E-state index contributed by atoms with van der Waals surface area (Å²) in [6.45, 7) is 43.8. The second-order valence-electron chi connectivity index (χ2n) is 17.2. The van der Waals surface area contributed by atoms with Gasteiger partial charge < -0.3 is 15.3 Å². The fraction of sp³-hybridized carbons (Fsp3) is 0.529. The van der Waals surface area contributed by atoms with Gasteiger partial charge in [0.1, 0.15) is 17.2 Å². The molecule has 0 saturated carbocycles. The van der Waals surface area contributed by atoms with Crippen molar-refractivity contribution in [3.63, 3.8) is 0 Å². The molecule has 0 aliphatic carbocycles. The van der Waals surface area contributed by atoms with Crippen LogP contribution in [0.5, 0.6) is 17.2 Å². The number of rotatable bonds is 4. The Bertz CT molecular complexity index is 1550. The number of para-hydroxylation sites is 3. The molecule has 0 radical (unpaired) electrons. The molecule has 3 N–H and O–H groups in total. The summed E-state index contributed by atoms with van der Waals surface area (Å²) in [5.41, 5.74) is 7.04. The number of phenolic OH excluding ortho intramolecular Hbond substituents is 3. The van der Waals surface area contributed by atoms with Crippen molar-refractivity contribution in [2.75, 3.05) is 0 Å². The van der Waals surface area contributed by atoms with Crippen molar-refractivity contribution in [2.45, 2.75) is 179 Å². The normalized spacial score (nSPS) is 11.2. The Kier molecular flexibility index (Phi) is 22.6. The lowest BCUT2D eigenvalue weighted by Crippen LogP contribution is -2.21. The molecule has 0 fully saturated rings. The molecule has 0 atom stereocenters. The molecule has 0 bridgehead atoms. The molecule has 0 aliphatic rings. The molecule has 3 heteroatoms. The van der Waals surface area contributed by atoms with Crippen molar-refractivity contribution in [3.8, 4) is 17.2 Å². The van der Waals surface area contributed by atoms with Gasteiger partial charge in [0.2, 0.25) is 0 Å². The number of aromatic hydroxyl groups is 3. The smallest absolute Gasteiger partial charge is 0.123 e. The van der Waals surface area contributed by atoms with Crippen LogP contribution >= 0.6 is 0 Å². The number of hydrogen-bond donors (Lipinski definition) is 3. The van der Waals surface area contributed by atoms with Gasteiger partial charge in [-0.05, 0) is 61.5 Å². The van der Waals surface area contributed by atoms with Crippen molar-refractivity contribution in [3.05, 3.63) is 124 Å². The Morgan fingerprint density at radius 1 is 0.352 bits per heavy atom. The fourth-order valence-corrected chi connectivity index (χ4v) is 5.93. The molecule has 4 rings (SSSR count). The van der Waals surface area contributed by atoms with E-state index in [0.29, 0.717) is 29.1 Å². The average Bonchev–Trinajstić information content (AvgIpc) is 3.10. The predicted molar refractivity (Wildman–Crippen MR) is 241 cm³/mol. The van der Waals surface area contributed by atoms with Crippen molar-refractivity contribution in [1.82, 2.24) is 0 Å². The van der Waals surface area contributed by atoms with Gasteiger partial charge in [0.05, 0.1) is 0 Å². The van der Waals surface area contributed by atoms with Crippen molar-refractivity contribution >= 4 is 0 Å². The first-order chi connectivity index (χ1) is 24.9. The predicted octanol–water partition coefficient (Wildman–Crippen LogP) is 15.7. The van der Waals surface area contributed by atoms with Crippen molar-refractivity contribution in [1.29, 1.82) is 0 Å². The topological polar surface area (TPSA) is 60.7 Å². The van der Waals surface area contributed by atoms with E-state index in [2.05, 4.69) is 116 Å². The standard InChI is InChI=1S/C19H24O.C14H22O.C12H18O.3C2H6/c1-18(2,3)15-12-9-13-16(17(15)20)19(4,5)14-10-7-6-8-11-14;1-13(2,3)10-8-7-9-11(12(10)15)14(4,5)6;1-8(2)10-6-5-7-11(9(3)4)12(10)13;3*1-2/h6-13,20H,1-5H3;7-9,15H,1-6H3;5-9,13H,1-4H3;3*1-2H3. The van der Waals surface area contributed by atoms with Crippen LogP contribution in [0, 0.1) is 0 Å². The summed E-state index contributed by atoms with van der Waals surface area (Å²) in [7, 11) is 0. The van der Waals surface area contributed by atoms with Gasteiger partial charge in [-0.1, -0.05) is 230 Å². The lowest BCUT2D eigenvalue weighted by molar-refractivity contribution is 0.423. The van der Waals surface area contributed by atoms with Gasteiger partial charge in [-0.2, -0.15) is 0 Å².